The van der Waals surface area contributed by atoms with E-state index in [1.807, 2.05) is 0 Å². The zero-order chi connectivity index (χ0) is 24.2. The van der Waals surface area contributed by atoms with Crippen LogP contribution in [0.1, 0.15) is 53.8 Å². The molecule has 3 amide bonds. The number of hydrogen-bond acceptors (Lipinski definition) is 5. The van der Waals surface area contributed by atoms with Crippen molar-refractivity contribution < 1.29 is 23.9 Å². The smallest absolute Gasteiger partial charge is 0.269 e. The summed E-state index contributed by atoms with van der Waals surface area (Å²) in [7, 11) is 1.50. The first-order chi connectivity index (χ1) is 15.8. The number of benzene rings is 2. The fraction of sp³-hybridized carbons (Fsp3) is 0.375. The van der Waals surface area contributed by atoms with E-state index in [1.54, 1.807) is 42.5 Å². The Morgan fingerprint density at radius 3 is 2.30 bits per heavy atom. The molecule has 3 N–H and O–H groups in total. The van der Waals surface area contributed by atoms with Gasteiger partial charge in [0.2, 0.25) is 5.91 Å². The molecule has 0 aliphatic carbocycles. The maximum Gasteiger partial charge on any atom is 0.269 e. The highest BCUT2D eigenvalue weighted by atomic mass is 35.5. The van der Waals surface area contributed by atoms with Gasteiger partial charge in [0.15, 0.2) is 11.5 Å². The molecule has 0 saturated heterocycles. The molecule has 0 saturated carbocycles. The van der Waals surface area contributed by atoms with E-state index in [2.05, 4.69) is 30.0 Å². The summed E-state index contributed by atoms with van der Waals surface area (Å²) in [6, 6.07) is 11.3. The zero-order valence-electron chi connectivity index (χ0n) is 19.1. The van der Waals surface area contributed by atoms with Gasteiger partial charge in [0, 0.05) is 29.1 Å². The van der Waals surface area contributed by atoms with Gasteiger partial charge in [-0.2, -0.15) is 0 Å². The SMILES string of the molecule is COc1cc(C(=O)NNC(=O)CCCNC(=O)c2ccc(Cl)cc2)ccc1OCCC(C)C. The van der Waals surface area contributed by atoms with E-state index in [-0.39, 0.29) is 18.2 Å². The highest BCUT2D eigenvalue weighted by Gasteiger charge is 2.13. The first kappa shape index (κ1) is 26.0. The van der Waals surface area contributed by atoms with Crippen molar-refractivity contribution in [3.05, 3.63) is 58.6 Å². The Hall–Kier alpha value is -3.26. The third-order valence-electron chi connectivity index (χ3n) is 4.67. The van der Waals surface area contributed by atoms with E-state index in [9.17, 15) is 14.4 Å². The van der Waals surface area contributed by atoms with Crippen LogP contribution in [-0.4, -0.2) is 38.0 Å². The van der Waals surface area contributed by atoms with Crippen molar-refractivity contribution in [3.63, 3.8) is 0 Å². The lowest BCUT2D eigenvalue weighted by molar-refractivity contribution is -0.121. The second kappa shape index (κ2) is 13.3. The minimum absolute atomic E-state index is 0.132. The average Bonchev–Trinajstić information content (AvgIpc) is 2.80. The molecule has 2 aromatic carbocycles. The molecular formula is C24H30ClN3O5. The third-order valence-corrected chi connectivity index (χ3v) is 4.92. The predicted octanol–water partition coefficient (Wildman–Crippen LogP) is 3.74. The fourth-order valence-electron chi connectivity index (χ4n) is 2.75. The molecule has 0 atom stereocenters. The van der Waals surface area contributed by atoms with Gasteiger partial charge in [-0.05, 0) is 61.2 Å². The van der Waals surface area contributed by atoms with Crippen LogP contribution in [0.3, 0.4) is 0 Å². The molecule has 0 aliphatic heterocycles. The van der Waals surface area contributed by atoms with Crippen LogP contribution in [0.5, 0.6) is 11.5 Å². The predicted molar refractivity (Wildman–Crippen MR) is 127 cm³/mol. The summed E-state index contributed by atoms with van der Waals surface area (Å²) in [4.78, 5) is 36.3. The first-order valence-corrected chi connectivity index (χ1v) is 11.1. The molecule has 0 unspecified atom stereocenters. The normalized spacial score (nSPS) is 10.5. The Balaban J connectivity index is 1.73. The van der Waals surface area contributed by atoms with Crippen LogP contribution in [-0.2, 0) is 4.79 Å². The van der Waals surface area contributed by atoms with Gasteiger partial charge in [0.1, 0.15) is 0 Å². The van der Waals surface area contributed by atoms with Crippen molar-refractivity contribution in [2.45, 2.75) is 33.1 Å². The quantitative estimate of drug-likeness (QED) is 0.339. The maximum absolute atomic E-state index is 12.3. The minimum Gasteiger partial charge on any atom is -0.493 e. The Morgan fingerprint density at radius 2 is 1.64 bits per heavy atom. The monoisotopic (exact) mass is 475 g/mol. The van der Waals surface area contributed by atoms with E-state index in [0.29, 0.717) is 53.1 Å². The number of ether oxygens (including phenoxy) is 2. The van der Waals surface area contributed by atoms with E-state index >= 15 is 0 Å². The second-order valence-corrected chi connectivity index (χ2v) is 8.20. The molecule has 0 radical (unpaired) electrons. The van der Waals surface area contributed by atoms with E-state index in [1.165, 1.54) is 7.11 Å². The maximum atomic E-state index is 12.3. The Labute approximate surface area is 199 Å². The van der Waals surface area contributed by atoms with Crippen molar-refractivity contribution in [2.24, 2.45) is 5.92 Å². The van der Waals surface area contributed by atoms with Crippen LogP contribution in [0, 0.1) is 5.92 Å². The second-order valence-electron chi connectivity index (χ2n) is 7.77. The van der Waals surface area contributed by atoms with Gasteiger partial charge in [0.25, 0.3) is 11.8 Å². The summed E-state index contributed by atoms with van der Waals surface area (Å²) >= 11 is 5.80. The molecule has 178 valence electrons. The Morgan fingerprint density at radius 1 is 0.939 bits per heavy atom. The lowest BCUT2D eigenvalue weighted by atomic mass is 10.1. The van der Waals surface area contributed by atoms with Gasteiger partial charge in [-0.3, -0.25) is 25.2 Å². The van der Waals surface area contributed by atoms with Crippen molar-refractivity contribution in [2.75, 3.05) is 20.3 Å². The van der Waals surface area contributed by atoms with Crippen molar-refractivity contribution >= 4 is 29.3 Å². The lowest BCUT2D eigenvalue weighted by Gasteiger charge is -2.13. The summed E-state index contributed by atoms with van der Waals surface area (Å²) in [5, 5.41) is 3.28. The minimum atomic E-state index is -0.480. The molecule has 0 heterocycles. The Kier molecular flexibility index (Phi) is 10.5. The van der Waals surface area contributed by atoms with Gasteiger partial charge >= 0.3 is 0 Å². The molecule has 8 nitrogen and oxygen atoms in total. The molecule has 2 rings (SSSR count). The summed E-state index contributed by atoms with van der Waals surface area (Å²) in [5.41, 5.74) is 5.55. The summed E-state index contributed by atoms with van der Waals surface area (Å²) in [6.45, 7) is 5.09. The highest BCUT2D eigenvalue weighted by molar-refractivity contribution is 6.30. The number of carbonyl (C=O) groups excluding carboxylic acids is 3. The molecule has 0 fully saturated rings. The molecular weight excluding hydrogens is 446 g/mol. The number of hydrazine groups is 1. The van der Waals surface area contributed by atoms with Gasteiger partial charge in [-0.1, -0.05) is 25.4 Å². The number of methoxy groups -OCH3 is 1. The van der Waals surface area contributed by atoms with Crippen molar-refractivity contribution in [1.82, 2.24) is 16.2 Å². The summed E-state index contributed by atoms with van der Waals surface area (Å²) < 4.78 is 11.0. The first-order valence-electron chi connectivity index (χ1n) is 10.7. The van der Waals surface area contributed by atoms with Crippen molar-refractivity contribution in [1.29, 1.82) is 0 Å². The molecule has 33 heavy (non-hydrogen) atoms. The van der Waals surface area contributed by atoms with Crippen LogP contribution in [0.2, 0.25) is 5.02 Å². The van der Waals surface area contributed by atoms with Crippen LogP contribution in [0.25, 0.3) is 0 Å². The van der Waals surface area contributed by atoms with E-state index in [4.69, 9.17) is 21.1 Å². The van der Waals surface area contributed by atoms with Crippen LogP contribution in [0.4, 0.5) is 0 Å². The number of hydrogen-bond donors (Lipinski definition) is 3. The number of carbonyl (C=O) groups is 3. The van der Waals surface area contributed by atoms with Gasteiger partial charge in [-0.25, -0.2) is 0 Å². The molecule has 0 aromatic heterocycles. The topological polar surface area (TPSA) is 106 Å². The van der Waals surface area contributed by atoms with Gasteiger partial charge in [0.05, 0.1) is 13.7 Å². The summed E-state index contributed by atoms with van der Waals surface area (Å²) in [6.07, 6.45) is 1.45. The van der Waals surface area contributed by atoms with Gasteiger partial charge < -0.3 is 14.8 Å². The summed E-state index contributed by atoms with van der Waals surface area (Å²) in [5.74, 6) is 0.417. The number of amides is 3. The molecule has 0 bridgehead atoms. The number of rotatable bonds is 11. The average molecular weight is 476 g/mol. The zero-order valence-corrected chi connectivity index (χ0v) is 19.8. The van der Waals surface area contributed by atoms with Gasteiger partial charge in [-0.15, -0.1) is 0 Å². The highest BCUT2D eigenvalue weighted by Crippen LogP contribution is 2.28. The number of halogens is 1. The molecule has 0 aliphatic rings. The molecule has 9 heteroatoms. The fourth-order valence-corrected chi connectivity index (χ4v) is 2.87. The standard InChI is InChI=1S/C24H30ClN3O5/c1-16(2)12-14-33-20-11-8-18(15-21(20)32-3)24(31)28-27-22(29)5-4-13-26-23(30)17-6-9-19(25)10-7-17/h6-11,15-16H,4-5,12-14H2,1-3H3,(H,26,30)(H,27,29)(H,28,31). The third kappa shape index (κ3) is 9.02. The molecule has 0 spiro atoms. The largest absolute Gasteiger partial charge is 0.493 e. The van der Waals surface area contributed by atoms with E-state index in [0.717, 1.165) is 6.42 Å². The van der Waals surface area contributed by atoms with Crippen molar-refractivity contribution in [3.8, 4) is 11.5 Å². The number of nitrogens with one attached hydrogen (secondary N) is 3. The lowest BCUT2D eigenvalue weighted by Crippen LogP contribution is -2.41. The molecule has 2 aromatic rings. The van der Waals surface area contributed by atoms with Crippen LogP contribution >= 0.6 is 11.6 Å². The van der Waals surface area contributed by atoms with Crippen LogP contribution in [0.15, 0.2) is 42.5 Å². The van der Waals surface area contributed by atoms with E-state index < -0.39 is 5.91 Å². The Bertz CT molecular complexity index is 948. The van der Waals surface area contributed by atoms with Crippen LogP contribution < -0.4 is 25.6 Å².